The first-order valence-electron chi connectivity index (χ1n) is 11.0. The average Bonchev–Trinajstić information content (AvgIpc) is 3.35. The van der Waals surface area contributed by atoms with Gasteiger partial charge in [0.15, 0.2) is 0 Å². The second kappa shape index (κ2) is 12.9. The Kier molecular flexibility index (Phi) is 9.27. The maximum absolute atomic E-state index is 12.3. The third-order valence-corrected chi connectivity index (χ3v) is 4.91. The Balaban J connectivity index is 1.31. The summed E-state index contributed by atoms with van der Waals surface area (Å²) in [5.74, 6) is -0.133. The van der Waals surface area contributed by atoms with Gasteiger partial charge in [0.1, 0.15) is 5.76 Å². The molecule has 172 valence electrons. The van der Waals surface area contributed by atoms with Gasteiger partial charge in [-0.2, -0.15) is 0 Å². The predicted molar refractivity (Wildman–Crippen MR) is 125 cm³/mol. The molecule has 0 aliphatic rings. The number of amides is 2. The van der Waals surface area contributed by atoms with E-state index in [1.807, 2.05) is 30.3 Å². The summed E-state index contributed by atoms with van der Waals surface area (Å²) in [5.41, 5.74) is 2.16. The summed E-state index contributed by atoms with van der Waals surface area (Å²) in [7, 11) is 0. The zero-order valence-corrected chi connectivity index (χ0v) is 18.4. The van der Waals surface area contributed by atoms with E-state index in [-0.39, 0.29) is 37.2 Å². The highest BCUT2D eigenvalue weighted by atomic mass is 16.5. The first kappa shape index (κ1) is 23.8. The third-order valence-electron chi connectivity index (χ3n) is 4.91. The summed E-state index contributed by atoms with van der Waals surface area (Å²) in [4.78, 5) is 36.3. The van der Waals surface area contributed by atoms with Gasteiger partial charge in [-0.3, -0.25) is 14.4 Å². The SMILES string of the molecule is O=C(CCCC(=O)OCCCc1ccccc1)Nc1cccc(C(=O)NCc2ccco2)c1. The van der Waals surface area contributed by atoms with Crippen LogP contribution in [0.5, 0.6) is 0 Å². The summed E-state index contributed by atoms with van der Waals surface area (Å²) < 4.78 is 10.4. The molecule has 2 N–H and O–H groups in total. The highest BCUT2D eigenvalue weighted by Crippen LogP contribution is 2.12. The fourth-order valence-electron chi connectivity index (χ4n) is 3.22. The molecule has 0 unspecified atom stereocenters. The van der Waals surface area contributed by atoms with Crippen molar-refractivity contribution in [2.24, 2.45) is 0 Å². The molecule has 0 bridgehead atoms. The molecule has 0 radical (unpaired) electrons. The van der Waals surface area contributed by atoms with E-state index in [2.05, 4.69) is 10.6 Å². The van der Waals surface area contributed by atoms with Crippen LogP contribution in [0.2, 0.25) is 0 Å². The van der Waals surface area contributed by atoms with E-state index in [9.17, 15) is 14.4 Å². The summed E-state index contributed by atoms with van der Waals surface area (Å²) in [5, 5.41) is 5.52. The van der Waals surface area contributed by atoms with Crippen LogP contribution in [0.1, 0.15) is 47.4 Å². The molecule has 33 heavy (non-hydrogen) atoms. The molecule has 0 spiro atoms. The average molecular weight is 449 g/mol. The van der Waals surface area contributed by atoms with Crippen molar-refractivity contribution in [1.29, 1.82) is 0 Å². The smallest absolute Gasteiger partial charge is 0.305 e. The molecule has 0 fully saturated rings. The zero-order valence-electron chi connectivity index (χ0n) is 18.4. The Hall–Kier alpha value is -3.87. The van der Waals surface area contributed by atoms with Crippen LogP contribution in [0.15, 0.2) is 77.4 Å². The molecule has 0 saturated carbocycles. The van der Waals surface area contributed by atoms with Crippen molar-refractivity contribution in [2.45, 2.75) is 38.6 Å². The van der Waals surface area contributed by atoms with Gasteiger partial charge in [-0.25, -0.2) is 0 Å². The Morgan fingerprint density at radius 3 is 2.52 bits per heavy atom. The van der Waals surface area contributed by atoms with Crippen LogP contribution in [-0.4, -0.2) is 24.4 Å². The highest BCUT2D eigenvalue weighted by molar-refractivity contribution is 5.97. The molecule has 0 saturated heterocycles. The van der Waals surface area contributed by atoms with Crippen LogP contribution in [0.4, 0.5) is 5.69 Å². The van der Waals surface area contributed by atoms with E-state index in [4.69, 9.17) is 9.15 Å². The molecule has 1 heterocycles. The number of aryl methyl sites for hydroxylation is 1. The summed E-state index contributed by atoms with van der Waals surface area (Å²) in [6, 6.07) is 20.2. The minimum Gasteiger partial charge on any atom is -0.467 e. The third kappa shape index (κ3) is 8.65. The molecule has 2 aromatic carbocycles. The molecule has 7 nitrogen and oxygen atoms in total. The van der Waals surface area contributed by atoms with Gasteiger partial charge >= 0.3 is 5.97 Å². The van der Waals surface area contributed by atoms with E-state index in [0.717, 1.165) is 12.8 Å². The van der Waals surface area contributed by atoms with Crippen LogP contribution in [0.3, 0.4) is 0 Å². The maximum atomic E-state index is 12.3. The summed E-state index contributed by atoms with van der Waals surface area (Å²) in [6.07, 6.45) is 3.94. The Morgan fingerprint density at radius 2 is 1.73 bits per heavy atom. The summed E-state index contributed by atoms with van der Waals surface area (Å²) >= 11 is 0. The Labute approximate surface area is 193 Å². The highest BCUT2D eigenvalue weighted by Gasteiger charge is 2.10. The van der Waals surface area contributed by atoms with E-state index >= 15 is 0 Å². The number of carbonyl (C=O) groups excluding carboxylic acids is 3. The summed E-state index contributed by atoms with van der Waals surface area (Å²) in [6.45, 7) is 0.652. The number of furan rings is 1. The lowest BCUT2D eigenvalue weighted by molar-refractivity contribution is -0.143. The molecule has 3 rings (SSSR count). The molecule has 0 atom stereocenters. The minimum atomic E-state index is -0.300. The second-order valence-electron chi connectivity index (χ2n) is 7.55. The van der Waals surface area contributed by atoms with Gasteiger partial charge in [-0.15, -0.1) is 0 Å². The number of hydrogen-bond donors (Lipinski definition) is 2. The van der Waals surface area contributed by atoms with Crippen LogP contribution in [0, 0.1) is 0 Å². The number of hydrogen-bond acceptors (Lipinski definition) is 5. The number of nitrogens with one attached hydrogen (secondary N) is 2. The van der Waals surface area contributed by atoms with Crippen molar-refractivity contribution in [1.82, 2.24) is 5.32 Å². The molecular weight excluding hydrogens is 420 g/mol. The first-order chi connectivity index (χ1) is 16.1. The van der Waals surface area contributed by atoms with Gasteiger partial charge in [0.2, 0.25) is 5.91 Å². The van der Waals surface area contributed by atoms with E-state index in [0.29, 0.717) is 30.0 Å². The Bertz CT molecular complexity index is 1030. The van der Waals surface area contributed by atoms with Gasteiger partial charge in [0.05, 0.1) is 19.4 Å². The maximum Gasteiger partial charge on any atom is 0.305 e. The van der Waals surface area contributed by atoms with Gasteiger partial charge < -0.3 is 19.8 Å². The second-order valence-corrected chi connectivity index (χ2v) is 7.55. The topological polar surface area (TPSA) is 97.6 Å². The van der Waals surface area contributed by atoms with Crippen LogP contribution < -0.4 is 10.6 Å². The lowest BCUT2D eigenvalue weighted by atomic mass is 10.1. The zero-order chi connectivity index (χ0) is 23.3. The van der Waals surface area contributed by atoms with Gasteiger partial charge in [-0.05, 0) is 55.2 Å². The number of ether oxygens (including phenoxy) is 1. The van der Waals surface area contributed by atoms with Crippen molar-refractivity contribution in [2.75, 3.05) is 11.9 Å². The fourth-order valence-corrected chi connectivity index (χ4v) is 3.22. The molecule has 0 aliphatic carbocycles. The number of carbonyl (C=O) groups is 3. The standard InChI is InChI=1S/C26H28N2O5/c29-24(14-5-15-25(30)33-17-6-10-20-8-2-1-3-9-20)28-22-12-4-11-21(18-22)26(31)27-19-23-13-7-16-32-23/h1-4,7-9,11-13,16,18H,5-6,10,14-15,17,19H2,(H,27,31)(H,28,29). The normalized spacial score (nSPS) is 10.4. The quantitative estimate of drug-likeness (QED) is 0.314. The van der Waals surface area contributed by atoms with Crippen LogP contribution in [-0.2, 0) is 27.3 Å². The lowest BCUT2D eigenvalue weighted by Gasteiger charge is -2.08. The molecule has 1 aromatic heterocycles. The van der Waals surface area contributed by atoms with E-state index < -0.39 is 0 Å². The largest absolute Gasteiger partial charge is 0.467 e. The van der Waals surface area contributed by atoms with Gasteiger partial charge in [-0.1, -0.05) is 36.4 Å². The van der Waals surface area contributed by atoms with Crippen molar-refractivity contribution >= 4 is 23.5 Å². The number of benzene rings is 2. The van der Waals surface area contributed by atoms with Crippen molar-refractivity contribution < 1.29 is 23.5 Å². The van der Waals surface area contributed by atoms with E-state index in [1.165, 1.54) is 5.56 Å². The van der Waals surface area contributed by atoms with Gasteiger partial charge in [0, 0.05) is 24.1 Å². The van der Waals surface area contributed by atoms with E-state index in [1.54, 1.807) is 42.7 Å². The fraction of sp³-hybridized carbons (Fsp3) is 0.269. The molecule has 7 heteroatoms. The monoisotopic (exact) mass is 448 g/mol. The lowest BCUT2D eigenvalue weighted by Crippen LogP contribution is -2.22. The number of esters is 1. The van der Waals surface area contributed by atoms with Crippen LogP contribution >= 0.6 is 0 Å². The number of anilines is 1. The minimum absolute atomic E-state index is 0.188. The van der Waals surface area contributed by atoms with Crippen molar-refractivity contribution in [3.05, 3.63) is 89.9 Å². The van der Waals surface area contributed by atoms with Crippen LogP contribution in [0.25, 0.3) is 0 Å². The Morgan fingerprint density at radius 1 is 0.879 bits per heavy atom. The molecule has 3 aromatic rings. The number of rotatable bonds is 12. The molecule has 2 amide bonds. The molecular formula is C26H28N2O5. The van der Waals surface area contributed by atoms with Crippen molar-refractivity contribution in [3.63, 3.8) is 0 Å². The van der Waals surface area contributed by atoms with Gasteiger partial charge in [0.25, 0.3) is 5.91 Å². The molecule has 0 aliphatic heterocycles. The first-order valence-corrected chi connectivity index (χ1v) is 11.0. The predicted octanol–water partition coefficient (Wildman–Crippen LogP) is 4.49. The van der Waals surface area contributed by atoms with Crippen molar-refractivity contribution in [3.8, 4) is 0 Å².